The first kappa shape index (κ1) is 11.8. The molecular weight excluding hydrogens is 240 g/mol. The Morgan fingerprint density at radius 1 is 1.33 bits per heavy atom. The second-order valence-electron chi connectivity index (χ2n) is 5.09. The van der Waals surface area contributed by atoms with Crippen molar-refractivity contribution < 1.29 is 0 Å². The lowest BCUT2D eigenvalue weighted by Crippen LogP contribution is -2.18. The molecule has 0 atom stereocenters. The number of para-hydroxylation sites is 1. The van der Waals surface area contributed by atoms with Gasteiger partial charge in [0.15, 0.2) is 0 Å². The number of hydrogen-bond donors (Lipinski definition) is 1. The lowest BCUT2D eigenvalue weighted by atomic mass is 10.1. The van der Waals surface area contributed by atoms with Gasteiger partial charge >= 0.3 is 0 Å². The fourth-order valence-corrected chi connectivity index (χ4v) is 2.96. The molecule has 0 unspecified atom stereocenters. The highest BCUT2D eigenvalue weighted by molar-refractivity contribution is 8.00. The zero-order valence-corrected chi connectivity index (χ0v) is 11.7. The summed E-state index contributed by atoms with van der Waals surface area (Å²) in [4.78, 5) is 4.72. The van der Waals surface area contributed by atoms with Crippen LogP contribution in [0, 0.1) is 6.92 Å². The Balaban J connectivity index is 1.85. The predicted molar refractivity (Wildman–Crippen MR) is 80.4 cm³/mol. The van der Waals surface area contributed by atoms with Crippen molar-refractivity contribution in [2.24, 2.45) is 0 Å². The Morgan fingerprint density at radius 2 is 2.11 bits per heavy atom. The van der Waals surface area contributed by atoms with Gasteiger partial charge < -0.3 is 5.32 Å². The summed E-state index contributed by atoms with van der Waals surface area (Å²) in [6.07, 6.45) is 4.86. The van der Waals surface area contributed by atoms with E-state index in [1.807, 2.05) is 17.8 Å². The highest BCUT2D eigenvalue weighted by atomic mass is 32.2. The van der Waals surface area contributed by atoms with Crippen molar-refractivity contribution in [1.82, 2.24) is 4.98 Å². The normalized spacial score (nSPS) is 16.8. The molecule has 1 aromatic carbocycles. The second kappa shape index (κ2) is 4.47. The van der Waals surface area contributed by atoms with Crippen LogP contribution in [-0.2, 0) is 0 Å². The molecule has 1 N–H and O–H groups in total. The van der Waals surface area contributed by atoms with E-state index in [1.165, 1.54) is 23.8 Å². The van der Waals surface area contributed by atoms with E-state index in [0.29, 0.717) is 4.75 Å². The van der Waals surface area contributed by atoms with Crippen molar-refractivity contribution in [2.45, 2.75) is 24.5 Å². The van der Waals surface area contributed by atoms with Gasteiger partial charge in [0.25, 0.3) is 0 Å². The van der Waals surface area contributed by atoms with Crippen molar-refractivity contribution >= 4 is 28.5 Å². The molecule has 18 heavy (non-hydrogen) atoms. The van der Waals surface area contributed by atoms with Gasteiger partial charge in [-0.1, -0.05) is 18.2 Å². The monoisotopic (exact) mass is 258 g/mol. The van der Waals surface area contributed by atoms with Crippen LogP contribution in [0.15, 0.2) is 30.3 Å². The fourth-order valence-electron chi connectivity index (χ4n) is 2.24. The van der Waals surface area contributed by atoms with Crippen LogP contribution in [0.1, 0.15) is 18.4 Å². The second-order valence-corrected chi connectivity index (χ2v) is 6.36. The minimum absolute atomic E-state index is 0.472. The lowest BCUT2D eigenvalue weighted by Gasteiger charge is -2.15. The van der Waals surface area contributed by atoms with E-state index < -0.39 is 0 Å². The molecule has 1 fully saturated rings. The smallest absolute Gasteiger partial charge is 0.129 e. The molecule has 0 saturated heterocycles. The molecule has 1 heterocycles. The van der Waals surface area contributed by atoms with Crippen LogP contribution in [-0.4, -0.2) is 22.5 Å². The van der Waals surface area contributed by atoms with Crippen molar-refractivity contribution in [3.63, 3.8) is 0 Å². The number of benzene rings is 1. The maximum atomic E-state index is 4.72. The maximum Gasteiger partial charge on any atom is 0.129 e. The van der Waals surface area contributed by atoms with Gasteiger partial charge in [0.1, 0.15) is 5.82 Å². The van der Waals surface area contributed by atoms with Crippen LogP contribution in [0.2, 0.25) is 0 Å². The number of aromatic nitrogens is 1. The molecule has 2 nitrogen and oxygen atoms in total. The average molecular weight is 258 g/mol. The van der Waals surface area contributed by atoms with E-state index in [1.54, 1.807) is 0 Å². The van der Waals surface area contributed by atoms with E-state index in [-0.39, 0.29) is 0 Å². The molecule has 1 aliphatic carbocycles. The first-order valence-corrected chi connectivity index (χ1v) is 7.60. The largest absolute Gasteiger partial charge is 0.368 e. The summed E-state index contributed by atoms with van der Waals surface area (Å²) in [6, 6.07) is 10.5. The van der Waals surface area contributed by atoms with E-state index in [9.17, 15) is 0 Å². The highest BCUT2D eigenvalue weighted by Gasteiger charge is 2.41. The molecule has 0 spiro atoms. The quantitative estimate of drug-likeness (QED) is 0.901. The molecule has 0 amide bonds. The number of rotatable bonds is 4. The van der Waals surface area contributed by atoms with Gasteiger partial charge in [-0.05, 0) is 43.7 Å². The molecule has 1 saturated carbocycles. The number of nitrogens with one attached hydrogen (secondary N) is 1. The Bertz CT molecular complexity index is 576. The zero-order chi connectivity index (χ0) is 12.6. The predicted octanol–water partition coefficient (Wildman–Crippen LogP) is 3.85. The molecule has 3 rings (SSSR count). The molecule has 0 bridgehead atoms. The Labute approximate surface area is 112 Å². The standard InChI is InChI=1S/C15H18N2S/c1-11-9-12-5-3-4-6-13(12)17-14(11)16-10-15(18-2)7-8-15/h3-6,9H,7-8,10H2,1-2H3,(H,16,17). The van der Waals surface area contributed by atoms with Gasteiger partial charge in [-0.15, -0.1) is 0 Å². The van der Waals surface area contributed by atoms with Gasteiger partial charge in [0, 0.05) is 16.7 Å². The third-order valence-corrected chi connectivity index (χ3v) is 5.15. The summed E-state index contributed by atoms with van der Waals surface area (Å²) in [5.74, 6) is 1.04. The van der Waals surface area contributed by atoms with E-state index in [0.717, 1.165) is 17.9 Å². The minimum atomic E-state index is 0.472. The number of hydrogen-bond acceptors (Lipinski definition) is 3. The third kappa shape index (κ3) is 2.19. The minimum Gasteiger partial charge on any atom is -0.368 e. The van der Waals surface area contributed by atoms with E-state index >= 15 is 0 Å². The Morgan fingerprint density at radius 3 is 2.83 bits per heavy atom. The number of pyridine rings is 1. The molecule has 3 heteroatoms. The molecule has 1 aromatic heterocycles. The number of thioether (sulfide) groups is 1. The van der Waals surface area contributed by atoms with Gasteiger partial charge in [-0.3, -0.25) is 0 Å². The van der Waals surface area contributed by atoms with Crippen LogP contribution in [0.25, 0.3) is 10.9 Å². The SMILES string of the molecule is CSC1(CNc2nc3ccccc3cc2C)CC1. The van der Waals surface area contributed by atoms with Gasteiger partial charge in [0.05, 0.1) is 5.52 Å². The van der Waals surface area contributed by atoms with Gasteiger partial charge in [-0.2, -0.15) is 11.8 Å². The molecule has 94 valence electrons. The number of nitrogens with zero attached hydrogens (tertiary/aromatic N) is 1. The molecule has 2 aromatic rings. The molecule has 0 radical (unpaired) electrons. The average Bonchev–Trinajstić information content (AvgIpc) is 3.17. The third-order valence-electron chi connectivity index (χ3n) is 3.73. The summed E-state index contributed by atoms with van der Waals surface area (Å²) in [6.45, 7) is 3.15. The van der Waals surface area contributed by atoms with Crippen LogP contribution < -0.4 is 5.32 Å². The first-order chi connectivity index (χ1) is 8.72. The van der Waals surface area contributed by atoms with Gasteiger partial charge in [-0.25, -0.2) is 4.98 Å². The highest BCUT2D eigenvalue weighted by Crippen LogP contribution is 2.47. The summed E-state index contributed by atoms with van der Waals surface area (Å²) < 4.78 is 0.472. The lowest BCUT2D eigenvalue weighted by molar-refractivity contribution is 0.940. The van der Waals surface area contributed by atoms with Crippen LogP contribution in [0.5, 0.6) is 0 Å². The number of fused-ring (bicyclic) bond motifs is 1. The Hall–Kier alpha value is -1.22. The maximum absolute atomic E-state index is 4.72. The number of aryl methyl sites for hydroxylation is 1. The topological polar surface area (TPSA) is 24.9 Å². The summed E-state index contributed by atoms with van der Waals surface area (Å²) >= 11 is 1.98. The fraction of sp³-hybridized carbons (Fsp3) is 0.400. The summed E-state index contributed by atoms with van der Waals surface area (Å²) in [5.41, 5.74) is 2.30. The van der Waals surface area contributed by atoms with Crippen molar-refractivity contribution in [3.05, 3.63) is 35.9 Å². The van der Waals surface area contributed by atoms with Crippen molar-refractivity contribution in [1.29, 1.82) is 0 Å². The van der Waals surface area contributed by atoms with Crippen molar-refractivity contribution in [3.8, 4) is 0 Å². The number of anilines is 1. The summed E-state index contributed by atoms with van der Waals surface area (Å²) in [7, 11) is 0. The molecule has 1 aliphatic rings. The van der Waals surface area contributed by atoms with E-state index in [4.69, 9.17) is 4.98 Å². The van der Waals surface area contributed by atoms with Gasteiger partial charge in [0.2, 0.25) is 0 Å². The van der Waals surface area contributed by atoms with Crippen LogP contribution >= 0.6 is 11.8 Å². The van der Waals surface area contributed by atoms with Crippen LogP contribution in [0.3, 0.4) is 0 Å². The first-order valence-electron chi connectivity index (χ1n) is 6.38. The molecule has 0 aliphatic heterocycles. The van der Waals surface area contributed by atoms with Crippen molar-refractivity contribution in [2.75, 3.05) is 18.1 Å². The zero-order valence-electron chi connectivity index (χ0n) is 10.9. The Kier molecular flexibility index (Phi) is 2.94. The van der Waals surface area contributed by atoms with E-state index in [2.05, 4.69) is 42.8 Å². The summed E-state index contributed by atoms with van der Waals surface area (Å²) in [5, 5.41) is 4.74. The molecular formula is C15H18N2S. The van der Waals surface area contributed by atoms with Crippen LogP contribution in [0.4, 0.5) is 5.82 Å².